The Labute approximate surface area is 148 Å². The largest absolute Gasteiger partial charge is 0.436 e. The van der Waals surface area contributed by atoms with Gasteiger partial charge in [0.1, 0.15) is 10.7 Å². The van der Waals surface area contributed by atoms with Gasteiger partial charge in [-0.3, -0.25) is 14.9 Å². The number of rotatable bonds is 4. The number of hydrogen-bond donors (Lipinski definition) is 2. The summed E-state index contributed by atoms with van der Waals surface area (Å²) in [6, 6.07) is 9.42. The fourth-order valence-corrected chi connectivity index (χ4v) is 3.23. The van der Waals surface area contributed by atoms with Gasteiger partial charge in [0.25, 0.3) is 5.91 Å². The summed E-state index contributed by atoms with van der Waals surface area (Å²) in [5.74, 6) is -0.0676. The van der Waals surface area contributed by atoms with Crippen molar-refractivity contribution in [3.8, 4) is 11.3 Å². The number of aryl methyl sites for hydroxylation is 2. The number of carbonyl (C=O) groups excluding carboxylic acids is 2. The number of nitrogens with one attached hydrogen (secondary N) is 2. The number of thiazole rings is 1. The summed E-state index contributed by atoms with van der Waals surface area (Å²) in [4.78, 5) is 32.3. The summed E-state index contributed by atoms with van der Waals surface area (Å²) in [6.07, 6.45) is 0. The van der Waals surface area contributed by atoms with E-state index in [-0.39, 0.29) is 11.7 Å². The van der Waals surface area contributed by atoms with Crippen LogP contribution in [0.1, 0.15) is 29.1 Å². The van der Waals surface area contributed by atoms with Gasteiger partial charge < -0.3 is 9.73 Å². The van der Waals surface area contributed by atoms with Crippen LogP contribution < -0.4 is 10.6 Å². The second kappa shape index (κ2) is 6.86. The molecule has 2 heterocycles. The van der Waals surface area contributed by atoms with Crippen molar-refractivity contribution in [2.75, 3.05) is 10.6 Å². The highest BCUT2D eigenvalue weighted by Gasteiger charge is 2.20. The average Bonchev–Trinajstić information content (AvgIpc) is 3.10. The lowest BCUT2D eigenvalue weighted by Crippen LogP contribution is -2.12. The van der Waals surface area contributed by atoms with Crippen LogP contribution in [0.5, 0.6) is 0 Å². The quantitative estimate of drug-likeness (QED) is 0.744. The molecule has 0 fully saturated rings. The van der Waals surface area contributed by atoms with Gasteiger partial charge >= 0.3 is 0 Å². The number of oxazole rings is 1. The Balaban J connectivity index is 1.92. The van der Waals surface area contributed by atoms with E-state index in [1.807, 2.05) is 30.3 Å². The lowest BCUT2D eigenvalue weighted by Gasteiger charge is -2.01. The Morgan fingerprint density at radius 2 is 1.80 bits per heavy atom. The van der Waals surface area contributed by atoms with Gasteiger partial charge in [-0.2, -0.15) is 0 Å². The van der Waals surface area contributed by atoms with Crippen molar-refractivity contribution < 1.29 is 14.0 Å². The fraction of sp³-hybridized carbons (Fsp3) is 0.176. The fourth-order valence-electron chi connectivity index (χ4n) is 2.31. The van der Waals surface area contributed by atoms with Crippen molar-refractivity contribution in [2.24, 2.45) is 0 Å². The molecule has 2 N–H and O–H groups in total. The molecule has 0 saturated heterocycles. The molecule has 0 aliphatic carbocycles. The normalized spacial score (nSPS) is 10.5. The van der Waals surface area contributed by atoms with Crippen molar-refractivity contribution in [1.29, 1.82) is 0 Å². The van der Waals surface area contributed by atoms with Gasteiger partial charge in [-0.25, -0.2) is 9.97 Å². The first-order chi connectivity index (χ1) is 11.9. The van der Waals surface area contributed by atoms with E-state index in [1.165, 1.54) is 18.3 Å². The Morgan fingerprint density at radius 3 is 2.40 bits per heavy atom. The van der Waals surface area contributed by atoms with Crippen LogP contribution in [0.3, 0.4) is 0 Å². The molecule has 3 rings (SSSR count). The van der Waals surface area contributed by atoms with Crippen LogP contribution in [0.4, 0.5) is 10.1 Å². The van der Waals surface area contributed by atoms with E-state index in [0.29, 0.717) is 27.4 Å². The molecule has 0 aliphatic heterocycles. The zero-order chi connectivity index (χ0) is 18.0. The molecule has 0 radical (unpaired) electrons. The number of nitrogens with zero attached hydrogens (tertiary/aromatic N) is 2. The number of amides is 2. The average molecular weight is 356 g/mol. The first-order valence-corrected chi connectivity index (χ1v) is 8.35. The summed E-state index contributed by atoms with van der Waals surface area (Å²) < 4.78 is 5.32. The van der Waals surface area contributed by atoms with Crippen LogP contribution in [0, 0.1) is 13.8 Å². The van der Waals surface area contributed by atoms with Crippen LogP contribution in [-0.2, 0) is 4.79 Å². The molecule has 2 amide bonds. The van der Waals surface area contributed by atoms with Crippen molar-refractivity contribution in [1.82, 2.24) is 9.97 Å². The topological polar surface area (TPSA) is 97.1 Å². The van der Waals surface area contributed by atoms with Crippen molar-refractivity contribution in [2.45, 2.75) is 20.8 Å². The predicted octanol–water partition coefficient (Wildman–Crippen LogP) is 3.63. The van der Waals surface area contributed by atoms with Crippen LogP contribution in [0.15, 0.2) is 34.7 Å². The molecular formula is C17H16N4O3S. The number of anilines is 2. The maximum atomic E-state index is 12.4. The minimum Gasteiger partial charge on any atom is -0.436 e. The van der Waals surface area contributed by atoms with Crippen molar-refractivity contribution in [3.05, 3.63) is 47.7 Å². The third-order valence-electron chi connectivity index (χ3n) is 3.29. The van der Waals surface area contributed by atoms with E-state index in [0.717, 1.165) is 5.56 Å². The lowest BCUT2D eigenvalue weighted by atomic mass is 10.2. The van der Waals surface area contributed by atoms with Gasteiger partial charge in [-0.05, 0) is 6.92 Å². The van der Waals surface area contributed by atoms with Crippen molar-refractivity contribution in [3.63, 3.8) is 0 Å². The lowest BCUT2D eigenvalue weighted by molar-refractivity contribution is -0.114. The van der Waals surface area contributed by atoms with Crippen LogP contribution in [0.2, 0.25) is 0 Å². The van der Waals surface area contributed by atoms with E-state index in [4.69, 9.17) is 4.42 Å². The van der Waals surface area contributed by atoms with Gasteiger partial charge in [-0.1, -0.05) is 41.7 Å². The number of hydrogen-bond acceptors (Lipinski definition) is 6. The number of aromatic nitrogens is 2. The predicted molar refractivity (Wildman–Crippen MR) is 95.8 cm³/mol. The maximum absolute atomic E-state index is 12.4. The highest BCUT2D eigenvalue weighted by Crippen LogP contribution is 2.36. The Morgan fingerprint density at radius 1 is 1.08 bits per heavy atom. The Hall–Kier alpha value is -3.00. The molecule has 2 aromatic heterocycles. The second-order valence-electron chi connectivity index (χ2n) is 5.35. The van der Waals surface area contributed by atoms with E-state index in [9.17, 15) is 9.59 Å². The van der Waals surface area contributed by atoms with E-state index in [1.54, 1.807) is 13.8 Å². The molecule has 0 spiro atoms. The zero-order valence-corrected chi connectivity index (χ0v) is 14.7. The molecule has 3 aromatic rings. The first kappa shape index (κ1) is 16.8. The van der Waals surface area contributed by atoms with E-state index in [2.05, 4.69) is 20.6 Å². The molecular weight excluding hydrogens is 340 g/mol. The third kappa shape index (κ3) is 3.74. The summed E-state index contributed by atoms with van der Waals surface area (Å²) in [6.45, 7) is 4.80. The summed E-state index contributed by atoms with van der Waals surface area (Å²) >= 11 is 1.18. The van der Waals surface area contributed by atoms with Crippen LogP contribution >= 0.6 is 11.3 Å². The first-order valence-electron chi connectivity index (χ1n) is 7.53. The van der Waals surface area contributed by atoms with Crippen LogP contribution in [-0.4, -0.2) is 21.8 Å². The van der Waals surface area contributed by atoms with E-state index >= 15 is 0 Å². The molecule has 128 valence electrons. The molecule has 0 unspecified atom stereocenters. The molecule has 0 bridgehead atoms. The highest BCUT2D eigenvalue weighted by atomic mass is 32.1. The minimum atomic E-state index is -0.430. The van der Waals surface area contributed by atoms with Gasteiger partial charge in [0, 0.05) is 19.4 Å². The summed E-state index contributed by atoms with van der Waals surface area (Å²) in [7, 11) is 0. The Kier molecular flexibility index (Phi) is 4.62. The molecule has 25 heavy (non-hydrogen) atoms. The number of carbonyl (C=O) groups is 2. The smallest absolute Gasteiger partial charge is 0.295 e. The monoisotopic (exact) mass is 356 g/mol. The molecule has 7 nitrogen and oxygen atoms in total. The molecule has 8 heteroatoms. The van der Waals surface area contributed by atoms with Crippen LogP contribution in [0.25, 0.3) is 11.3 Å². The zero-order valence-electron chi connectivity index (χ0n) is 13.9. The number of benzene rings is 1. The molecule has 1 aromatic carbocycles. The van der Waals surface area contributed by atoms with Crippen molar-refractivity contribution >= 4 is 33.3 Å². The van der Waals surface area contributed by atoms with E-state index < -0.39 is 5.91 Å². The molecule has 0 atom stereocenters. The minimum absolute atomic E-state index is 0.148. The highest BCUT2D eigenvalue weighted by molar-refractivity contribution is 7.20. The summed E-state index contributed by atoms with van der Waals surface area (Å²) in [5.41, 5.74) is 1.95. The third-order valence-corrected chi connectivity index (χ3v) is 4.18. The van der Waals surface area contributed by atoms with Gasteiger partial charge in [0.05, 0.1) is 5.69 Å². The van der Waals surface area contributed by atoms with Gasteiger partial charge in [-0.15, -0.1) is 0 Å². The van der Waals surface area contributed by atoms with Gasteiger partial charge in [0.2, 0.25) is 11.7 Å². The maximum Gasteiger partial charge on any atom is 0.295 e. The summed E-state index contributed by atoms with van der Waals surface area (Å²) in [5, 5.41) is 6.38. The van der Waals surface area contributed by atoms with Gasteiger partial charge in [0.15, 0.2) is 11.0 Å². The Bertz CT molecular complexity index is 931. The molecule has 0 saturated carbocycles. The molecule has 0 aliphatic rings. The SMILES string of the molecule is CC(=O)Nc1sc(NC(=O)c2oc(C)nc2C)nc1-c1ccccc1. The standard InChI is InChI=1S/C17H16N4O3S/c1-9-14(24-11(3)18-9)15(23)21-17-20-13(12-7-5-4-6-8-12)16(25-17)19-10(2)22/h4-8H,1-3H3,(H,19,22)(H,20,21,23). The second-order valence-corrected chi connectivity index (χ2v) is 6.34.